The van der Waals surface area contributed by atoms with Gasteiger partial charge in [-0.25, -0.2) is 0 Å². The Kier molecular flexibility index (Phi) is 3.35. The largest absolute Gasteiger partial charge is 0.497 e. The molecule has 0 saturated carbocycles. The smallest absolute Gasteiger partial charge is 0.259 e. The molecule has 2 rings (SSSR count). The van der Waals surface area contributed by atoms with Crippen LogP contribution in [0.25, 0.3) is 0 Å². The van der Waals surface area contributed by atoms with Crippen LogP contribution in [0.4, 0.5) is 0 Å². The highest BCUT2D eigenvalue weighted by Gasteiger charge is 2.40. The molecule has 1 unspecified atom stereocenters. The van der Waals surface area contributed by atoms with Crippen molar-refractivity contribution in [3.8, 4) is 5.75 Å². The Morgan fingerprint density at radius 2 is 2.06 bits per heavy atom. The number of ether oxygens (including phenoxy) is 1. The molecule has 0 spiro atoms. The summed E-state index contributed by atoms with van der Waals surface area (Å²) >= 11 is 3.26. The summed E-state index contributed by atoms with van der Waals surface area (Å²) < 4.78 is 4.70. The molecule has 1 atom stereocenters. The zero-order valence-corrected chi connectivity index (χ0v) is 11.0. The Hall–Kier alpha value is -0.810. The van der Waals surface area contributed by atoms with Crippen molar-refractivity contribution in [3.05, 3.63) is 29.8 Å². The fourth-order valence-electron chi connectivity index (χ4n) is 1.46. The standard InChI is InChI=1S/C11H13NO2S2/c1-8-12-14-11(15-3,16-8)9-4-6-10(13-2)7-5-9/h4-7H,1-3H3. The van der Waals surface area contributed by atoms with E-state index in [-0.39, 0.29) is 0 Å². The SMILES string of the molecule is COc1ccc(C2(SC)ON=C(C)S2)cc1. The number of methoxy groups -OCH3 is 1. The minimum atomic E-state index is -0.434. The van der Waals surface area contributed by atoms with Gasteiger partial charge in [-0.2, -0.15) is 0 Å². The van der Waals surface area contributed by atoms with Crippen LogP contribution in [0.2, 0.25) is 0 Å². The second kappa shape index (κ2) is 4.59. The van der Waals surface area contributed by atoms with Crippen molar-refractivity contribution in [1.29, 1.82) is 0 Å². The van der Waals surface area contributed by atoms with Crippen LogP contribution in [0.1, 0.15) is 12.5 Å². The van der Waals surface area contributed by atoms with Crippen LogP contribution >= 0.6 is 23.5 Å². The lowest BCUT2D eigenvalue weighted by atomic mass is 10.2. The highest BCUT2D eigenvalue weighted by atomic mass is 32.2. The molecule has 1 heterocycles. The minimum absolute atomic E-state index is 0.434. The highest BCUT2D eigenvalue weighted by Crippen LogP contribution is 2.50. The van der Waals surface area contributed by atoms with Crippen LogP contribution in [0, 0.1) is 0 Å². The molecule has 1 aliphatic heterocycles. The maximum Gasteiger partial charge on any atom is 0.259 e. The highest BCUT2D eigenvalue weighted by molar-refractivity contribution is 8.25. The molecular formula is C11H13NO2S2. The second-order valence-corrected chi connectivity index (χ2v) is 5.90. The number of hydrogen-bond acceptors (Lipinski definition) is 5. The fraction of sp³-hybridized carbons (Fsp3) is 0.364. The molecule has 1 aromatic carbocycles. The van der Waals surface area contributed by atoms with E-state index in [9.17, 15) is 0 Å². The van der Waals surface area contributed by atoms with Gasteiger partial charge < -0.3 is 9.57 Å². The van der Waals surface area contributed by atoms with Crippen LogP contribution in [0.15, 0.2) is 29.4 Å². The van der Waals surface area contributed by atoms with Gasteiger partial charge in [0, 0.05) is 5.56 Å². The van der Waals surface area contributed by atoms with Gasteiger partial charge in [-0.05, 0) is 49.2 Å². The molecule has 0 aliphatic carbocycles. The Bertz CT molecular complexity index is 405. The third-order valence-electron chi connectivity index (χ3n) is 2.29. The molecule has 5 heteroatoms. The number of nitrogens with zero attached hydrogens (tertiary/aromatic N) is 1. The second-order valence-electron chi connectivity index (χ2n) is 3.29. The summed E-state index contributed by atoms with van der Waals surface area (Å²) in [6.07, 6.45) is 2.02. The van der Waals surface area contributed by atoms with Crippen molar-refractivity contribution in [3.63, 3.8) is 0 Å². The zero-order valence-electron chi connectivity index (χ0n) is 9.39. The third-order valence-corrected chi connectivity index (χ3v) is 4.84. The predicted octanol–water partition coefficient (Wildman–Crippen LogP) is 3.27. The van der Waals surface area contributed by atoms with E-state index in [1.807, 2.05) is 37.4 Å². The van der Waals surface area contributed by atoms with E-state index >= 15 is 0 Å². The topological polar surface area (TPSA) is 30.8 Å². The van der Waals surface area contributed by atoms with Gasteiger partial charge in [-0.15, -0.1) is 0 Å². The summed E-state index contributed by atoms with van der Waals surface area (Å²) in [4.78, 5) is 5.53. The number of benzene rings is 1. The Labute approximate surface area is 104 Å². The first-order valence-corrected chi connectivity index (χ1v) is 6.86. The Balaban J connectivity index is 2.27. The van der Waals surface area contributed by atoms with Crippen molar-refractivity contribution in [1.82, 2.24) is 0 Å². The molecule has 16 heavy (non-hydrogen) atoms. The molecule has 0 saturated heterocycles. The van der Waals surface area contributed by atoms with Gasteiger partial charge in [0.05, 0.1) is 7.11 Å². The quantitative estimate of drug-likeness (QED) is 0.829. The van der Waals surface area contributed by atoms with Gasteiger partial charge in [0.15, 0.2) is 0 Å². The van der Waals surface area contributed by atoms with Gasteiger partial charge in [0.1, 0.15) is 10.8 Å². The van der Waals surface area contributed by atoms with E-state index in [1.165, 1.54) is 0 Å². The molecule has 1 aliphatic rings. The van der Waals surface area contributed by atoms with Crippen molar-refractivity contribution in [2.24, 2.45) is 5.16 Å². The molecule has 0 radical (unpaired) electrons. The number of thioether (sulfide) groups is 2. The van der Waals surface area contributed by atoms with Gasteiger partial charge in [0.2, 0.25) is 0 Å². The lowest BCUT2D eigenvalue weighted by Gasteiger charge is -2.23. The molecule has 0 aromatic heterocycles. The van der Waals surface area contributed by atoms with E-state index in [0.29, 0.717) is 0 Å². The van der Waals surface area contributed by atoms with Crippen LogP contribution < -0.4 is 4.74 Å². The van der Waals surface area contributed by atoms with E-state index in [1.54, 1.807) is 30.6 Å². The van der Waals surface area contributed by atoms with Crippen molar-refractivity contribution in [2.45, 2.75) is 11.2 Å². The normalized spacial score (nSPS) is 23.8. The fourth-order valence-corrected chi connectivity index (χ4v) is 3.43. The molecule has 0 amide bonds. The first-order chi connectivity index (χ1) is 7.70. The van der Waals surface area contributed by atoms with E-state index in [4.69, 9.17) is 9.57 Å². The Morgan fingerprint density at radius 3 is 2.50 bits per heavy atom. The maximum atomic E-state index is 5.53. The summed E-state index contributed by atoms with van der Waals surface area (Å²) in [7, 11) is 1.66. The monoisotopic (exact) mass is 255 g/mol. The number of rotatable bonds is 3. The zero-order chi connectivity index (χ0) is 11.6. The van der Waals surface area contributed by atoms with Gasteiger partial charge in [-0.1, -0.05) is 16.9 Å². The number of oxime groups is 1. The first-order valence-electron chi connectivity index (χ1n) is 4.81. The molecule has 0 bridgehead atoms. The van der Waals surface area contributed by atoms with Gasteiger partial charge in [0.25, 0.3) is 4.27 Å². The summed E-state index contributed by atoms with van der Waals surface area (Å²) in [6.45, 7) is 1.95. The third kappa shape index (κ3) is 2.01. The minimum Gasteiger partial charge on any atom is -0.497 e. The summed E-state index contributed by atoms with van der Waals surface area (Å²) in [5, 5.41) is 4.96. The van der Waals surface area contributed by atoms with E-state index < -0.39 is 4.27 Å². The lowest BCUT2D eigenvalue weighted by Crippen LogP contribution is -2.16. The average Bonchev–Trinajstić information content (AvgIpc) is 2.72. The predicted molar refractivity (Wildman–Crippen MR) is 70.0 cm³/mol. The summed E-state index contributed by atoms with van der Waals surface area (Å²) in [5.41, 5.74) is 1.09. The van der Waals surface area contributed by atoms with Crippen molar-refractivity contribution >= 4 is 28.6 Å². The number of hydrogen-bond donors (Lipinski definition) is 0. The Morgan fingerprint density at radius 1 is 1.38 bits per heavy atom. The van der Waals surface area contributed by atoms with E-state index in [2.05, 4.69) is 5.16 Å². The molecule has 0 N–H and O–H groups in total. The van der Waals surface area contributed by atoms with Crippen molar-refractivity contribution < 1.29 is 9.57 Å². The van der Waals surface area contributed by atoms with Crippen LogP contribution in [0.5, 0.6) is 5.75 Å². The van der Waals surface area contributed by atoms with E-state index in [0.717, 1.165) is 16.4 Å². The van der Waals surface area contributed by atoms with Crippen LogP contribution in [-0.4, -0.2) is 18.4 Å². The molecular weight excluding hydrogens is 242 g/mol. The van der Waals surface area contributed by atoms with Crippen LogP contribution in [-0.2, 0) is 9.10 Å². The van der Waals surface area contributed by atoms with Crippen LogP contribution in [0.3, 0.4) is 0 Å². The van der Waals surface area contributed by atoms with Gasteiger partial charge in [-0.3, -0.25) is 0 Å². The average molecular weight is 255 g/mol. The maximum absolute atomic E-state index is 5.53. The first kappa shape index (κ1) is 11.7. The van der Waals surface area contributed by atoms with Crippen molar-refractivity contribution in [2.75, 3.05) is 13.4 Å². The molecule has 0 fully saturated rings. The lowest BCUT2D eigenvalue weighted by molar-refractivity contribution is 0.105. The summed E-state index contributed by atoms with van der Waals surface area (Å²) in [5.74, 6) is 0.848. The molecule has 1 aromatic rings. The van der Waals surface area contributed by atoms with Gasteiger partial charge >= 0.3 is 0 Å². The summed E-state index contributed by atoms with van der Waals surface area (Å²) in [6, 6.07) is 7.89. The molecule has 3 nitrogen and oxygen atoms in total. The molecule has 86 valence electrons.